The summed E-state index contributed by atoms with van der Waals surface area (Å²) in [6.07, 6.45) is 2.89. The highest BCUT2D eigenvalue weighted by Crippen LogP contribution is 2.23. The highest BCUT2D eigenvalue weighted by atomic mass is 35.5. The van der Waals surface area contributed by atoms with Crippen LogP contribution in [-0.2, 0) is 0 Å². The second-order valence-electron chi connectivity index (χ2n) is 2.73. The molecule has 5 heteroatoms. The molecule has 0 radical (unpaired) electrons. The van der Waals surface area contributed by atoms with Gasteiger partial charge in [-0.15, -0.1) is 0 Å². The molecule has 1 aromatic heterocycles. The zero-order valence-corrected chi connectivity index (χ0v) is 8.28. The molecule has 0 aliphatic carbocycles. The predicted octanol–water partition coefficient (Wildman–Crippen LogP) is 3.06. The topological polar surface area (TPSA) is 35.0 Å². The minimum atomic E-state index is -0.525. The fourth-order valence-corrected chi connectivity index (χ4v) is 1.12. The highest BCUT2D eigenvalue weighted by molar-refractivity contribution is 6.30. The first-order chi connectivity index (χ1) is 7.25. The van der Waals surface area contributed by atoms with Crippen LogP contribution in [0.5, 0.6) is 11.6 Å². The smallest absolute Gasteiger partial charge is 0.222 e. The van der Waals surface area contributed by atoms with Crippen molar-refractivity contribution in [1.82, 2.24) is 9.97 Å². The molecule has 0 aliphatic rings. The Balaban J connectivity index is 2.22. The van der Waals surface area contributed by atoms with E-state index in [2.05, 4.69) is 9.97 Å². The zero-order chi connectivity index (χ0) is 10.7. The monoisotopic (exact) mass is 224 g/mol. The Hall–Kier alpha value is -1.68. The number of hydrogen-bond donors (Lipinski definition) is 0. The van der Waals surface area contributed by atoms with Gasteiger partial charge in [0.1, 0.15) is 17.9 Å². The molecule has 76 valence electrons. The summed E-state index contributed by atoms with van der Waals surface area (Å²) in [6, 6.07) is 5.76. The number of aromatic nitrogens is 2. The van der Waals surface area contributed by atoms with E-state index in [1.54, 1.807) is 12.1 Å². The third-order valence-electron chi connectivity index (χ3n) is 1.67. The molecule has 0 unspecified atom stereocenters. The van der Waals surface area contributed by atoms with Gasteiger partial charge in [0.05, 0.1) is 5.02 Å². The third-order valence-corrected chi connectivity index (χ3v) is 1.97. The summed E-state index contributed by atoms with van der Waals surface area (Å²) in [5, 5.41) is 0.0602. The van der Waals surface area contributed by atoms with Crippen LogP contribution in [0, 0.1) is 5.82 Å². The summed E-state index contributed by atoms with van der Waals surface area (Å²) in [6.45, 7) is 0. The van der Waals surface area contributed by atoms with Gasteiger partial charge in [0.2, 0.25) is 5.88 Å². The Morgan fingerprint density at radius 3 is 2.80 bits per heavy atom. The Labute approximate surface area is 90.5 Å². The van der Waals surface area contributed by atoms with E-state index in [1.807, 2.05) is 0 Å². The summed E-state index contributed by atoms with van der Waals surface area (Å²) in [7, 11) is 0. The van der Waals surface area contributed by atoms with E-state index >= 15 is 0 Å². The Kier molecular flexibility index (Phi) is 2.78. The molecule has 1 heterocycles. The minimum absolute atomic E-state index is 0.0602. The maximum Gasteiger partial charge on any atom is 0.222 e. The van der Waals surface area contributed by atoms with Crippen molar-refractivity contribution in [3.63, 3.8) is 0 Å². The first-order valence-electron chi connectivity index (χ1n) is 4.14. The predicted molar refractivity (Wildman–Crippen MR) is 53.5 cm³/mol. The number of hydrogen-bond acceptors (Lipinski definition) is 3. The number of benzene rings is 1. The normalized spacial score (nSPS) is 10.0. The molecule has 0 bridgehead atoms. The maximum absolute atomic E-state index is 13.0. The molecule has 0 saturated heterocycles. The lowest BCUT2D eigenvalue weighted by molar-refractivity contribution is 0.457. The van der Waals surface area contributed by atoms with E-state index in [4.69, 9.17) is 16.3 Å². The summed E-state index contributed by atoms with van der Waals surface area (Å²) in [5.41, 5.74) is 0. The molecule has 1 aromatic carbocycles. The van der Waals surface area contributed by atoms with Crippen LogP contribution in [0.15, 0.2) is 36.8 Å². The SMILES string of the molecule is Fc1cc(Oc2ccncn2)ccc1Cl. The van der Waals surface area contributed by atoms with E-state index in [1.165, 1.54) is 24.7 Å². The molecule has 3 nitrogen and oxygen atoms in total. The van der Waals surface area contributed by atoms with Gasteiger partial charge in [-0.05, 0) is 12.1 Å². The zero-order valence-electron chi connectivity index (χ0n) is 7.52. The first-order valence-corrected chi connectivity index (χ1v) is 4.52. The molecule has 0 fully saturated rings. The van der Waals surface area contributed by atoms with Crippen molar-refractivity contribution in [1.29, 1.82) is 0 Å². The summed E-state index contributed by atoms with van der Waals surface area (Å²) < 4.78 is 18.3. The Morgan fingerprint density at radius 2 is 2.13 bits per heavy atom. The average Bonchev–Trinajstić information content (AvgIpc) is 2.25. The van der Waals surface area contributed by atoms with Gasteiger partial charge in [-0.25, -0.2) is 14.4 Å². The van der Waals surface area contributed by atoms with Crippen molar-refractivity contribution in [3.05, 3.63) is 47.6 Å². The molecule has 15 heavy (non-hydrogen) atoms. The van der Waals surface area contributed by atoms with Gasteiger partial charge < -0.3 is 4.74 Å². The van der Waals surface area contributed by atoms with Gasteiger partial charge in [0.15, 0.2) is 0 Å². The Morgan fingerprint density at radius 1 is 1.27 bits per heavy atom. The summed E-state index contributed by atoms with van der Waals surface area (Å²) in [4.78, 5) is 7.57. The molecule has 2 rings (SSSR count). The van der Waals surface area contributed by atoms with E-state index in [-0.39, 0.29) is 5.02 Å². The quantitative estimate of drug-likeness (QED) is 0.786. The molecule has 0 atom stereocenters. The minimum Gasteiger partial charge on any atom is -0.439 e. The van der Waals surface area contributed by atoms with E-state index < -0.39 is 5.82 Å². The van der Waals surface area contributed by atoms with Crippen molar-refractivity contribution < 1.29 is 9.13 Å². The van der Waals surface area contributed by atoms with Gasteiger partial charge in [0, 0.05) is 18.3 Å². The Bertz CT molecular complexity index is 464. The number of halogens is 2. The second-order valence-corrected chi connectivity index (χ2v) is 3.13. The average molecular weight is 225 g/mol. The van der Waals surface area contributed by atoms with Crippen LogP contribution >= 0.6 is 11.6 Å². The lowest BCUT2D eigenvalue weighted by Crippen LogP contribution is -1.88. The van der Waals surface area contributed by atoms with Crippen LogP contribution in [0.1, 0.15) is 0 Å². The summed E-state index contributed by atoms with van der Waals surface area (Å²) >= 11 is 5.53. The molecule has 2 aromatic rings. The summed E-state index contributed by atoms with van der Waals surface area (Å²) in [5.74, 6) is 0.172. The van der Waals surface area contributed by atoms with Crippen LogP contribution in [0.25, 0.3) is 0 Å². The molecule has 0 aliphatic heterocycles. The van der Waals surface area contributed by atoms with Crippen molar-refractivity contribution >= 4 is 11.6 Å². The standard InChI is InChI=1S/C10H6ClFN2O/c11-8-2-1-7(5-9(8)12)15-10-3-4-13-6-14-10/h1-6H. The second kappa shape index (κ2) is 4.23. The molecule has 0 spiro atoms. The van der Waals surface area contributed by atoms with Crippen molar-refractivity contribution in [2.45, 2.75) is 0 Å². The number of nitrogens with zero attached hydrogens (tertiary/aromatic N) is 2. The van der Waals surface area contributed by atoms with Gasteiger partial charge in [-0.2, -0.15) is 0 Å². The first kappa shape index (κ1) is 9.86. The van der Waals surface area contributed by atoms with Crippen LogP contribution in [0.3, 0.4) is 0 Å². The molecular weight excluding hydrogens is 219 g/mol. The number of rotatable bonds is 2. The van der Waals surface area contributed by atoms with Crippen LogP contribution in [0.2, 0.25) is 5.02 Å². The van der Waals surface area contributed by atoms with Gasteiger partial charge >= 0.3 is 0 Å². The van der Waals surface area contributed by atoms with E-state index in [0.29, 0.717) is 11.6 Å². The van der Waals surface area contributed by atoms with Crippen LogP contribution < -0.4 is 4.74 Å². The maximum atomic E-state index is 13.0. The van der Waals surface area contributed by atoms with E-state index in [9.17, 15) is 4.39 Å². The van der Waals surface area contributed by atoms with Crippen LogP contribution in [-0.4, -0.2) is 9.97 Å². The molecule has 0 saturated carbocycles. The van der Waals surface area contributed by atoms with Gasteiger partial charge in [-0.1, -0.05) is 11.6 Å². The molecule has 0 N–H and O–H groups in total. The number of ether oxygens (including phenoxy) is 1. The van der Waals surface area contributed by atoms with Crippen molar-refractivity contribution in [2.75, 3.05) is 0 Å². The van der Waals surface area contributed by atoms with Gasteiger partial charge in [-0.3, -0.25) is 0 Å². The van der Waals surface area contributed by atoms with E-state index in [0.717, 1.165) is 0 Å². The van der Waals surface area contributed by atoms with Crippen LogP contribution in [0.4, 0.5) is 4.39 Å². The highest BCUT2D eigenvalue weighted by Gasteiger charge is 2.03. The van der Waals surface area contributed by atoms with Crippen molar-refractivity contribution in [3.8, 4) is 11.6 Å². The fraction of sp³-hybridized carbons (Fsp3) is 0. The lowest BCUT2D eigenvalue weighted by Gasteiger charge is -2.03. The van der Waals surface area contributed by atoms with Gasteiger partial charge in [0.25, 0.3) is 0 Å². The largest absolute Gasteiger partial charge is 0.439 e. The molecule has 0 amide bonds. The lowest BCUT2D eigenvalue weighted by atomic mass is 10.3. The molecular formula is C10H6ClFN2O. The van der Waals surface area contributed by atoms with Crippen molar-refractivity contribution in [2.24, 2.45) is 0 Å². The fourth-order valence-electron chi connectivity index (χ4n) is 1.00. The third kappa shape index (κ3) is 2.41.